The summed E-state index contributed by atoms with van der Waals surface area (Å²) >= 11 is 0. The lowest BCUT2D eigenvalue weighted by Crippen LogP contribution is -2.47. The summed E-state index contributed by atoms with van der Waals surface area (Å²) in [5.74, 6) is -0.0317. The van der Waals surface area contributed by atoms with Crippen LogP contribution >= 0.6 is 0 Å². The molecule has 0 spiro atoms. The summed E-state index contributed by atoms with van der Waals surface area (Å²) in [6.07, 6.45) is 1.18. The van der Waals surface area contributed by atoms with Gasteiger partial charge in [0.2, 0.25) is 0 Å². The number of aliphatic carboxylic acids is 1. The summed E-state index contributed by atoms with van der Waals surface area (Å²) in [5, 5.41) is 14.0. The molecule has 2 heterocycles. The van der Waals surface area contributed by atoms with Crippen LogP contribution in [0.15, 0.2) is 34.9 Å². The van der Waals surface area contributed by atoms with E-state index in [-0.39, 0.29) is 0 Å². The van der Waals surface area contributed by atoms with Crippen molar-refractivity contribution in [2.75, 3.05) is 20.2 Å². The predicted molar refractivity (Wildman–Crippen MR) is 92.2 cm³/mol. The minimum atomic E-state index is -0.798. The molecule has 134 valence electrons. The number of ether oxygens (including phenoxy) is 1. The molecule has 6 nitrogen and oxygen atoms in total. The van der Waals surface area contributed by atoms with Gasteiger partial charge in [-0.3, -0.25) is 9.69 Å². The van der Waals surface area contributed by atoms with E-state index in [0.717, 1.165) is 16.8 Å². The second-order valence-corrected chi connectivity index (χ2v) is 6.75. The first kappa shape index (κ1) is 17.6. The zero-order valence-electron chi connectivity index (χ0n) is 14.7. The number of methoxy groups -OCH3 is 1. The molecule has 0 bridgehead atoms. The van der Waals surface area contributed by atoms with Crippen molar-refractivity contribution in [2.45, 2.75) is 38.3 Å². The quantitative estimate of drug-likeness (QED) is 0.868. The zero-order valence-corrected chi connectivity index (χ0v) is 14.7. The van der Waals surface area contributed by atoms with Crippen molar-refractivity contribution in [1.29, 1.82) is 0 Å². The van der Waals surface area contributed by atoms with E-state index in [0.29, 0.717) is 44.8 Å². The average Bonchev–Trinajstić information content (AvgIpc) is 3.03. The van der Waals surface area contributed by atoms with Gasteiger partial charge in [-0.2, -0.15) is 0 Å². The first-order chi connectivity index (χ1) is 12.0. The Bertz CT molecular complexity index is 733. The number of benzene rings is 1. The predicted octanol–water partition coefficient (Wildman–Crippen LogP) is 2.75. The molecule has 1 saturated heterocycles. The third kappa shape index (κ3) is 3.75. The fourth-order valence-corrected chi connectivity index (χ4v) is 3.53. The number of aromatic nitrogens is 1. The van der Waals surface area contributed by atoms with Crippen LogP contribution in [0.25, 0.3) is 0 Å². The summed E-state index contributed by atoms with van der Waals surface area (Å²) in [5.41, 5.74) is 2.05. The first-order valence-corrected chi connectivity index (χ1v) is 8.50. The van der Waals surface area contributed by atoms with Gasteiger partial charge < -0.3 is 14.4 Å². The van der Waals surface area contributed by atoms with E-state index in [1.54, 1.807) is 7.11 Å². The summed E-state index contributed by atoms with van der Waals surface area (Å²) < 4.78 is 10.2. The van der Waals surface area contributed by atoms with E-state index < -0.39 is 11.4 Å². The van der Waals surface area contributed by atoms with Gasteiger partial charge in [-0.1, -0.05) is 35.0 Å². The molecule has 25 heavy (non-hydrogen) atoms. The van der Waals surface area contributed by atoms with Crippen LogP contribution in [0.2, 0.25) is 0 Å². The molecule has 3 rings (SSSR count). The molecule has 1 aliphatic rings. The molecule has 0 unspecified atom stereocenters. The molecule has 1 aromatic carbocycles. The molecule has 1 fully saturated rings. The first-order valence-electron chi connectivity index (χ1n) is 8.50. The molecule has 1 aromatic heterocycles. The molecular weight excluding hydrogens is 320 g/mol. The molecule has 0 atom stereocenters. The Hall–Kier alpha value is -2.18. The highest BCUT2D eigenvalue weighted by Gasteiger charge is 2.43. The normalized spacial score (nSPS) is 17.5. The van der Waals surface area contributed by atoms with Gasteiger partial charge in [-0.05, 0) is 38.4 Å². The summed E-state index contributed by atoms with van der Waals surface area (Å²) in [4.78, 5) is 14.3. The Morgan fingerprint density at radius 1 is 1.36 bits per heavy atom. The van der Waals surface area contributed by atoms with Crippen LogP contribution in [0.4, 0.5) is 0 Å². The smallest absolute Gasteiger partial charge is 0.314 e. The largest absolute Gasteiger partial charge is 0.481 e. The Balaban J connectivity index is 1.68. The highest BCUT2D eigenvalue weighted by atomic mass is 16.5. The molecule has 0 radical (unpaired) electrons. The fourth-order valence-electron chi connectivity index (χ4n) is 3.53. The lowest BCUT2D eigenvalue weighted by Gasteiger charge is -2.39. The number of hydrogen-bond donors (Lipinski definition) is 1. The third-order valence-electron chi connectivity index (χ3n) is 4.97. The summed E-state index contributed by atoms with van der Waals surface area (Å²) in [7, 11) is 1.61. The molecule has 2 aromatic rings. The molecule has 0 saturated carbocycles. The van der Waals surface area contributed by atoms with Crippen LogP contribution in [0, 0.1) is 6.92 Å². The Morgan fingerprint density at radius 2 is 2.12 bits per heavy atom. The van der Waals surface area contributed by atoms with Gasteiger partial charge in [0, 0.05) is 19.7 Å². The number of hydrogen-bond acceptors (Lipinski definition) is 5. The number of carboxylic acid groups (broad SMARTS) is 1. The van der Waals surface area contributed by atoms with E-state index in [9.17, 15) is 9.90 Å². The maximum atomic E-state index is 12.1. The van der Waals surface area contributed by atoms with Gasteiger partial charge in [-0.15, -0.1) is 0 Å². The van der Waals surface area contributed by atoms with Gasteiger partial charge in [-0.25, -0.2) is 0 Å². The number of rotatable bonds is 6. The highest BCUT2D eigenvalue weighted by Crippen LogP contribution is 2.36. The van der Waals surface area contributed by atoms with Crippen LogP contribution in [-0.2, 0) is 28.1 Å². The van der Waals surface area contributed by atoms with Crippen LogP contribution in [0.1, 0.15) is 35.4 Å². The van der Waals surface area contributed by atoms with Crippen LogP contribution in [0.3, 0.4) is 0 Å². The molecule has 0 amide bonds. The minimum absolute atomic E-state index is 0.405. The fraction of sp³-hybridized carbons (Fsp3) is 0.474. The van der Waals surface area contributed by atoms with Crippen LogP contribution in [-0.4, -0.2) is 41.3 Å². The number of nitrogens with zero attached hydrogens (tertiary/aromatic N) is 2. The topological polar surface area (TPSA) is 75.8 Å². The average molecular weight is 344 g/mol. The van der Waals surface area contributed by atoms with Gasteiger partial charge in [0.25, 0.3) is 0 Å². The maximum absolute atomic E-state index is 12.1. The van der Waals surface area contributed by atoms with Crippen molar-refractivity contribution in [2.24, 2.45) is 0 Å². The number of aryl methyl sites for hydroxylation is 1. The van der Waals surface area contributed by atoms with Gasteiger partial charge in [0.1, 0.15) is 6.61 Å². The van der Waals surface area contributed by atoms with Gasteiger partial charge >= 0.3 is 5.97 Å². The lowest BCUT2D eigenvalue weighted by molar-refractivity contribution is -0.146. The molecule has 1 aliphatic heterocycles. The van der Waals surface area contributed by atoms with Gasteiger partial charge in [0.15, 0.2) is 5.76 Å². The highest BCUT2D eigenvalue weighted by molar-refractivity contribution is 5.81. The minimum Gasteiger partial charge on any atom is -0.481 e. The SMILES string of the molecule is COCc1cc(CN2CCC(C(=O)O)(c3cccc(C)c3)CC2)no1. The van der Waals surface area contributed by atoms with E-state index in [1.165, 1.54) is 0 Å². The maximum Gasteiger partial charge on any atom is 0.314 e. The van der Waals surface area contributed by atoms with E-state index in [1.807, 2.05) is 37.3 Å². The number of piperidine rings is 1. The summed E-state index contributed by atoms with van der Waals surface area (Å²) in [6.45, 7) is 4.50. The molecular formula is C19H24N2O4. The van der Waals surface area contributed by atoms with Crippen molar-refractivity contribution in [1.82, 2.24) is 10.1 Å². The van der Waals surface area contributed by atoms with Crippen molar-refractivity contribution >= 4 is 5.97 Å². The summed E-state index contributed by atoms with van der Waals surface area (Å²) in [6, 6.07) is 9.76. The lowest BCUT2D eigenvalue weighted by atomic mass is 9.72. The molecule has 0 aliphatic carbocycles. The van der Waals surface area contributed by atoms with E-state index >= 15 is 0 Å². The number of carboxylic acids is 1. The van der Waals surface area contributed by atoms with Crippen molar-refractivity contribution < 1.29 is 19.2 Å². The van der Waals surface area contributed by atoms with E-state index in [4.69, 9.17) is 9.26 Å². The second-order valence-electron chi connectivity index (χ2n) is 6.75. The standard InChI is InChI=1S/C19H24N2O4/c1-14-4-3-5-15(10-14)19(18(22)23)6-8-21(9-7-19)12-16-11-17(13-24-2)25-20-16/h3-5,10-11H,6-9,12-13H2,1-2H3,(H,22,23). The second kappa shape index (κ2) is 7.37. The van der Waals surface area contributed by atoms with Crippen LogP contribution in [0.5, 0.6) is 0 Å². The van der Waals surface area contributed by atoms with Crippen molar-refractivity contribution in [3.63, 3.8) is 0 Å². The van der Waals surface area contributed by atoms with Crippen molar-refractivity contribution in [3.8, 4) is 0 Å². The Kier molecular flexibility index (Phi) is 5.20. The Labute approximate surface area is 147 Å². The van der Waals surface area contributed by atoms with Crippen LogP contribution < -0.4 is 0 Å². The number of likely N-dealkylation sites (tertiary alicyclic amines) is 1. The molecule has 6 heteroatoms. The Morgan fingerprint density at radius 3 is 2.76 bits per heavy atom. The third-order valence-corrected chi connectivity index (χ3v) is 4.97. The molecule has 1 N–H and O–H groups in total. The number of carbonyl (C=O) groups is 1. The van der Waals surface area contributed by atoms with E-state index in [2.05, 4.69) is 10.1 Å². The van der Waals surface area contributed by atoms with Crippen molar-refractivity contribution in [3.05, 3.63) is 52.9 Å². The zero-order chi connectivity index (χ0) is 17.9. The monoisotopic (exact) mass is 344 g/mol. The van der Waals surface area contributed by atoms with Gasteiger partial charge in [0.05, 0.1) is 11.1 Å².